The average molecular weight is 288 g/mol. The lowest BCUT2D eigenvalue weighted by atomic mass is 9.96. The third kappa shape index (κ3) is 3.08. The number of hydrogen-bond acceptors (Lipinski definition) is 3. The molecular formula is C16H24N4O. The van der Waals surface area contributed by atoms with Gasteiger partial charge in [0.05, 0.1) is 22.6 Å². The first-order valence-corrected chi connectivity index (χ1v) is 7.38. The number of benzene rings is 1. The summed E-state index contributed by atoms with van der Waals surface area (Å²) in [5, 5.41) is 2.98. The third-order valence-corrected chi connectivity index (χ3v) is 3.84. The highest BCUT2D eigenvalue weighted by Gasteiger charge is 2.29. The van der Waals surface area contributed by atoms with Gasteiger partial charge < -0.3 is 15.6 Å². The van der Waals surface area contributed by atoms with E-state index in [9.17, 15) is 4.79 Å². The molecule has 2 unspecified atom stereocenters. The van der Waals surface area contributed by atoms with Crippen molar-refractivity contribution < 1.29 is 4.79 Å². The van der Waals surface area contributed by atoms with Crippen molar-refractivity contribution in [3.63, 3.8) is 0 Å². The van der Waals surface area contributed by atoms with E-state index in [4.69, 9.17) is 5.73 Å². The maximum atomic E-state index is 12.3. The minimum atomic E-state index is -0.840. The van der Waals surface area contributed by atoms with Gasteiger partial charge in [-0.3, -0.25) is 4.79 Å². The second-order valence-electron chi connectivity index (χ2n) is 5.88. The van der Waals surface area contributed by atoms with Gasteiger partial charge in [0.2, 0.25) is 5.91 Å². The summed E-state index contributed by atoms with van der Waals surface area (Å²) in [5.74, 6) is 0.695. The summed E-state index contributed by atoms with van der Waals surface area (Å²) >= 11 is 0. The fourth-order valence-electron chi connectivity index (χ4n) is 2.61. The summed E-state index contributed by atoms with van der Waals surface area (Å²) in [6, 6.07) is 7.74. The zero-order valence-electron chi connectivity index (χ0n) is 13.2. The molecule has 3 N–H and O–H groups in total. The molecule has 2 atom stereocenters. The topological polar surface area (TPSA) is 72.9 Å². The second kappa shape index (κ2) is 5.85. The number of para-hydroxylation sites is 2. The highest BCUT2D eigenvalue weighted by molar-refractivity contribution is 5.86. The lowest BCUT2D eigenvalue weighted by molar-refractivity contribution is -0.126. The number of rotatable bonds is 5. The normalized spacial score (nSPS) is 15.7. The second-order valence-corrected chi connectivity index (χ2v) is 5.88. The van der Waals surface area contributed by atoms with Crippen LogP contribution in [0, 0.1) is 0 Å². The summed E-state index contributed by atoms with van der Waals surface area (Å²) in [6.07, 6.45) is 1.54. The van der Waals surface area contributed by atoms with Gasteiger partial charge >= 0.3 is 0 Å². The Morgan fingerprint density at radius 3 is 2.76 bits per heavy atom. The summed E-state index contributed by atoms with van der Waals surface area (Å²) in [6.45, 7) is 5.72. The van der Waals surface area contributed by atoms with Crippen molar-refractivity contribution in [2.75, 3.05) is 0 Å². The molecule has 0 aliphatic heterocycles. The van der Waals surface area contributed by atoms with Gasteiger partial charge in [-0.2, -0.15) is 0 Å². The smallest absolute Gasteiger partial charge is 0.240 e. The van der Waals surface area contributed by atoms with Crippen molar-refractivity contribution in [3.8, 4) is 0 Å². The number of hydrogen-bond donors (Lipinski definition) is 2. The highest BCUT2D eigenvalue weighted by Crippen LogP contribution is 2.20. The molecule has 5 nitrogen and oxygen atoms in total. The Bertz CT molecular complexity index is 645. The van der Waals surface area contributed by atoms with E-state index in [0.717, 1.165) is 23.3 Å². The maximum absolute atomic E-state index is 12.3. The first kappa shape index (κ1) is 15.5. The number of aryl methyl sites for hydroxylation is 1. The van der Waals surface area contributed by atoms with Crippen LogP contribution < -0.4 is 11.1 Å². The van der Waals surface area contributed by atoms with Crippen LogP contribution in [0.3, 0.4) is 0 Å². The summed E-state index contributed by atoms with van der Waals surface area (Å²) in [4.78, 5) is 16.9. The van der Waals surface area contributed by atoms with Gasteiger partial charge in [0.1, 0.15) is 5.82 Å². The summed E-state index contributed by atoms with van der Waals surface area (Å²) in [5.41, 5.74) is 7.22. The van der Waals surface area contributed by atoms with Crippen molar-refractivity contribution >= 4 is 16.9 Å². The molecule has 114 valence electrons. The van der Waals surface area contributed by atoms with Gasteiger partial charge in [-0.05, 0) is 32.4 Å². The van der Waals surface area contributed by atoms with Crippen LogP contribution >= 0.6 is 0 Å². The van der Waals surface area contributed by atoms with Gasteiger partial charge in [0.15, 0.2) is 0 Å². The Morgan fingerprint density at radius 2 is 2.14 bits per heavy atom. The largest absolute Gasteiger partial charge is 0.345 e. The number of nitrogens with zero attached hydrogens (tertiary/aromatic N) is 2. The van der Waals surface area contributed by atoms with Crippen LogP contribution in [0.15, 0.2) is 24.3 Å². The van der Waals surface area contributed by atoms with E-state index in [2.05, 4.69) is 10.3 Å². The number of nitrogens with one attached hydrogen (secondary N) is 1. The first-order chi connectivity index (χ1) is 9.86. The molecule has 1 heterocycles. The number of aromatic nitrogens is 2. The Hall–Kier alpha value is -1.88. The number of carbonyl (C=O) groups is 1. The van der Waals surface area contributed by atoms with E-state index in [-0.39, 0.29) is 11.9 Å². The lowest BCUT2D eigenvalue weighted by Gasteiger charge is -2.25. The quantitative estimate of drug-likeness (QED) is 0.886. The van der Waals surface area contributed by atoms with Crippen molar-refractivity contribution in [2.24, 2.45) is 12.8 Å². The van der Waals surface area contributed by atoms with Crippen LogP contribution in [0.5, 0.6) is 0 Å². The fraction of sp³-hybridized carbons (Fsp3) is 0.500. The predicted octanol–water partition coefficient (Wildman–Crippen LogP) is 2.27. The number of fused-ring (bicyclic) bond motifs is 1. The molecule has 0 fully saturated rings. The van der Waals surface area contributed by atoms with E-state index in [1.54, 1.807) is 6.92 Å². The molecule has 0 spiro atoms. The molecule has 1 amide bonds. The average Bonchev–Trinajstić information content (AvgIpc) is 2.76. The number of nitrogens with two attached hydrogens (primary N) is 1. The highest BCUT2D eigenvalue weighted by atomic mass is 16.2. The molecular weight excluding hydrogens is 264 g/mol. The number of imidazole rings is 1. The van der Waals surface area contributed by atoms with Crippen LogP contribution in [0.4, 0.5) is 0 Å². The molecule has 2 aromatic rings. The monoisotopic (exact) mass is 288 g/mol. The van der Waals surface area contributed by atoms with E-state index in [1.165, 1.54) is 0 Å². The standard InChI is InChI=1S/C16H24N4O/c1-5-10-16(3,17)15(21)18-11(2)14-19-12-8-6-7-9-13(12)20(14)4/h6-9,11H,5,10,17H2,1-4H3,(H,18,21). The molecule has 0 bridgehead atoms. The molecule has 0 saturated heterocycles. The molecule has 2 rings (SSSR count). The van der Waals surface area contributed by atoms with E-state index in [0.29, 0.717) is 6.42 Å². The maximum Gasteiger partial charge on any atom is 0.240 e. The molecule has 0 saturated carbocycles. The van der Waals surface area contributed by atoms with Crippen molar-refractivity contribution in [1.29, 1.82) is 0 Å². The van der Waals surface area contributed by atoms with Gasteiger partial charge in [-0.25, -0.2) is 4.98 Å². The van der Waals surface area contributed by atoms with Crippen LogP contribution in [0.1, 0.15) is 45.5 Å². The molecule has 0 radical (unpaired) electrons. The van der Waals surface area contributed by atoms with Crippen molar-refractivity contribution in [1.82, 2.24) is 14.9 Å². The SMILES string of the molecule is CCCC(C)(N)C(=O)NC(C)c1nc2ccccc2n1C. The Morgan fingerprint density at radius 1 is 1.48 bits per heavy atom. The van der Waals surface area contributed by atoms with Crippen LogP contribution in [-0.4, -0.2) is 21.0 Å². The third-order valence-electron chi connectivity index (χ3n) is 3.84. The molecule has 0 aliphatic carbocycles. The van der Waals surface area contributed by atoms with Gasteiger partial charge in [0, 0.05) is 7.05 Å². The van der Waals surface area contributed by atoms with E-state index in [1.807, 2.05) is 49.7 Å². The lowest BCUT2D eigenvalue weighted by Crippen LogP contribution is -2.52. The van der Waals surface area contributed by atoms with Crippen LogP contribution in [0.25, 0.3) is 11.0 Å². The summed E-state index contributed by atoms with van der Waals surface area (Å²) in [7, 11) is 1.96. The number of amides is 1. The number of carbonyl (C=O) groups excluding carboxylic acids is 1. The Labute approximate surface area is 125 Å². The Kier molecular flexibility index (Phi) is 4.32. The Balaban J connectivity index is 2.21. The first-order valence-electron chi connectivity index (χ1n) is 7.38. The van der Waals surface area contributed by atoms with Crippen molar-refractivity contribution in [2.45, 2.75) is 45.2 Å². The zero-order chi connectivity index (χ0) is 15.6. The van der Waals surface area contributed by atoms with Gasteiger partial charge in [0.25, 0.3) is 0 Å². The minimum Gasteiger partial charge on any atom is -0.345 e. The molecule has 1 aromatic heterocycles. The fourth-order valence-corrected chi connectivity index (χ4v) is 2.61. The van der Waals surface area contributed by atoms with Crippen LogP contribution in [-0.2, 0) is 11.8 Å². The summed E-state index contributed by atoms with van der Waals surface area (Å²) < 4.78 is 2.01. The van der Waals surface area contributed by atoms with E-state index < -0.39 is 5.54 Å². The molecule has 5 heteroatoms. The molecule has 0 aliphatic rings. The molecule has 21 heavy (non-hydrogen) atoms. The molecule has 1 aromatic carbocycles. The zero-order valence-corrected chi connectivity index (χ0v) is 13.2. The van der Waals surface area contributed by atoms with Crippen LogP contribution in [0.2, 0.25) is 0 Å². The van der Waals surface area contributed by atoms with E-state index >= 15 is 0 Å². The van der Waals surface area contributed by atoms with Crippen molar-refractivity contribution in [3.05, 3.63) is 30.1 Å². The van der Waals surface area contributed by atoms with Gasteiger partial charge in [-0.1, -0.05) is 25.5 Å². The predicted molar refractivity (Wildman–Crippen MR) is 84.8 cm³/mol. The van der Waals surface area contributed by atoms with Gasteiger partial charge in [-0.15, -0.1) is 0 Å². The minimum absolute atomic E-state index is 0.135.